The van der Waals surface area contributed by atoms with Gasteiger partial charge in [0.05, 0.1) is 6.61 Å². The van der Waals surface area contributed by atoms with E-state index in [0.717, 1.165) is 39.3 Å². The first-order chi connectivity index (χ1) is 6.33. The van der Waals surface area contributed by atoms with Crippen LogP contribution < -0.4 is 5.73 Å². The Morgan fingerprint density at radius 3 is 2.92 bits per heavy atom. The summed E-state index contributed by atoms with van der Waals surface area (Å²) in [5.41, 5.74) is 5.79. The Kier molecular flexibility index (Phi) is 5.35. The summed E-state index contributed by atoms with van der Waals surface area (Å²) in [6, 6.07) is 0.399. The van der Waals surface area contributed by atoms with Gasteiger partial charge in [0, 0.05) is 25.7 Å². The second kappa shape index (κ2) is 6.35. The Morgan fingerprint density at radius 1 is 1.46 bits per heavy atom. The maximum absolute atomic E-state index is 5.79. The van der Waals surface area contributed by atoms with E-state index in [1.807, 2.05) is 0 Å². The minimum Gasteiger partial charge on any atom is -0.380 e. The molecule has 0 unspecified atom stereocenters. The molecule has 78 valence electrons. The highest BCUT2D eigenvalue weighted by atomic mass is 16.5. The fourth-order valence-electron chi connectivity index (χ4n) is 1.61. The third-order valence-corrected chi connectivity index (χ3v) is 2.50. The van der Waals surface area contributed by atoms with Crippen molar-refractivity contribution >= 4 is 0 Å². The maximum Gasteiger partial charge on any atom is 0.0593 e. The average Bonchev–Trinajstić information content (AvgIpc) is 2.51. The molecule has 0 aromatic rings. The molecule has 0 saturated carbocycles. The topological polar surface area (TPSA) is 38.5 Å². The molecule has 0 spiro atoms. The molecule has 1 saturated heterocycles. The van der Waals surface area contributed by atoms with Gasteiger partial charge in [-0.15, -0.1) is 0 Å². The number of rotatable bonds is 6. The van der Waals surface area contributed by atoms with Gasteiger partial charge < -0.3 is 10.5 Å². The van der Waals surface area contributed by atoms with E-state index in [1.165, 1.54) is 12.8 Å². The standard InChI is InChI=1S/C10H22N2O/c1-2-3-7-13-8-6-12-5-4-10(11)9-12/h10H,2-9,11H2,1H3/t10-/m0/s1. The molecule has 1 heterocycles. The molecule has 0 radical (unpaired) electrons. The highest BCUT2D eigenvalue weighted by Gasteiger charge is 2.17. The Labute approximate surface area is 81.2 Å². The summed E-state index contributed by atoms with van der Waals surface area (Å²) in [6.45, 7) is 7.22. The van der Waals surface area contributed by atoms with Crippen LogP contribution in [0.15, 0.2) is 0 Å². The number of unbranched alkanes of at least 4 members (excludes halogenated alkanes) is 1. The first-order valence-corrected chi connectivity index (χ1v) is 5.38. The van der Waals surface area contributed by atoms with Crippen LogP contribution in [0.2, 0.25) is 0 Å². The molecule has 3 nitrogen and oxygen atoms in total. The van der Waals surface area contributed by atoms with Crippen LogP contribution in [0.3, 0.4) is 0 Å². The molecule has 13 heavy (non-hydrogen) atoms. The first-order valence-electron chi connectivity index (χ1n) is 5.38. The zero-order chi connectivity index (χ0) is 9.52. The molecule has 0 bridgehead atoms. The third kappa shape index (κ3) is 4.60. The third-order valence-electron chi connectivity index (χ3n) is 2.50. The molecular weight excluding hydrogens is 164 g/mol. The molecular formula is C10H22N2O. The highest BCUT2D eigenvalue weighted by molar-refractivity contribution is 4.77. The summed E-state index contributed by atoms with van der Waals surface area (Å²) >= 11 is 0. The molecule has 1 aliphatic heterocycles. The van der Waals surface area contributed by atoms with Crippen molar-refractivity contribution < 1.29 is 4.74 Å². The molecule has 2 N–H and O–H groups in total. The van der Waals surface area contributed by atoms with Gasteiger partial charge in [-0.25, -0.2) is 0 Å². The van der Waals surface area contributed by atoms with Crippen molar-refractivity contribution in [2.75, 3.05) is 32.8 Å². The van der Waals surface area contributed by atoms with Crippen LogP contribution in [0.4, 0.5) is 0 Å². The van der Waals surface area contributed by atoms with Crippen molar-refractivity contribution in [3.8, 4) is 0 Å². The van der Waals surface area contributed by atoms with Gasteiger partial charge in [-0.2, -0.15) is 0 Å². The van der Waals surface area contributed by atoms with Crippen molar-refractivity contribution in [1.82, 2.24) is 4.90 Å². The quantitative estimate of drug-likeness (QED) is 0.625. The summed E-state index contributed by atoms with van der Waals surface area (Å²) in [6.07, 6.45) is 3.54. The van der Waals surface area contributed by atoms with Gasteiger partial charge in [0.1, 0.15) is 0 Å². The van der Waals surface area contributed by atoms with E-state index in [4.69, 9.17) is 10.5 Å². The second-order valence-electron chi connectivity index (χ2n) is 3.82. The second-order valence-corrected chi connectivity index (χ2v) is 3.82. The summed E-state index contributed by atoms with van der Waals surface area (Å²) in [4.78, 5) is 2.39. The highest BCUT2D eigenvalue weighted by Crippen LogP contribution is 2.05. The van der Waals surface area contributed by atoms with Crippen molar-refractivity contribution in [1.29, 1.82) is 0 Å². The largest absolute Gasteiger partial charge is 0.380 e. The lowest BCUT2D eigenvalue weighted by molar-refractivity contribution is 0.108. The average molecular weight is 186 g/mol. The van der Waals surface area contributed by atoms with Crippen molar-refractivity contribution in [3.63, 3.8) is 0 Å². The number of nitrogens with two attached hydrogens (primary N) is 1. The van der Waals surface area contributed by atoms with Crippen molar-refractivity contribution in [2.45, 2.75) is 32.2 Å². The molecule has 0 aliphatic carbocycles. The summed E-state index contributed by atoms with van der Waals surface area (Å²) in [7, 11) is 0. The number of likely N-dealkylation sites (tertiary alicyclic amines) is 1. The Hall–Kier alpha value is -0.120. The number of hydrogen-bond acceptors (Lipinski definition) is 3. The Bertz CT molecular complexity index is 130. The minimum absolute atomic E-state index is 0.399. The molecule has 1 rings (SSSR count). The number of ether oxygens (including phenoxy) is 1. The SMILES string of the molecule is CCCCOCCN1CC[C@H](N)C1. The summed E-state index contributed by atoms with van der Waals surface area (Å²) < 4.78 is 5.49. The fourth-order valence-corrected chi connectivity index (χ4v) is 1.61. The van der Waals surface area contributed by atoms with Gasteiger partial charge >= 0.3 is 0 Å². The monoisotopic (exact) mass is 186 g/mol. The Morgan fingerprint density at radius 2 is 2.31 bits per heavy atom. The van der Waals surface area contributed by atoms with Gasteiger partial charge in [-0.3, -0.25) is 4.90 Å². The maximum atomic E-state index is 5.79. The van der Waals surface area contributed by atoms with Gasteiger partial charge in [0.15, 0.2) is 0 Å². The number of nitrogens with zero attached hydrogens (tertiary/aromatic N) is 1. The van der Waals surface area contributed by atoms with E-state index in [0.29, 0.717) is 6.04 Å². The van der Waals surface area contributed by atoms with E-state index in [1.54, 1.807) is 0 Å². The fraction of sp³-hybridized carbons (Fsp3) is 1.00. The lowest BCUT2D eigenvalue weighted by Gasteiger charge is -2.14. The molecule has 0 amide bonds. The van der Waals surface area contributed by atoms with E-state index in [9.17, 15) is 0 Å². The molecule has 0 aromatic heterocycles. The van der Waals surface area contributed by atoms with E-state index < -0.39 is 0 Å². The van der Waals surface area contributed by atoms with Crippen LogP contribution in [0.25, 0.3) is 0 Å². The number of hydrogen-bond donors (Lipinski definition) is 1. The van der Waals surface area contributed by atoms with Crippen molar-refractivity contribution in [3.05, 3.63) is 0 Å². The van der Waals surface area contributed by atoms with E-state index in [2.05, 4.69) is 11.8 Å². The zero-order valence-electron chi connectivity index (χ0n) is 8.67. The molecule has 3 heteroatoms. The van der Waals surface area contributed by atoms with E-state index in [-0.39, 0.29) is 0 Å². The van der Waals surface area contributed by atoms with Crippen LogP contribution in [0.5, 0.6) is 0 Å². The minimum atomic E-state index is 0.399. The van der Waals surface area contributed by atoms with Crippen molar-refractivity contribution in [2.24, 2.45) is 5.73 Å². The van der Waals surface area contributed by atoms with Gasteiger partial charge in [-0.1, -0.05) is 13.3 Å². The predicted molar refractivity (Wildman–Crippen MR) is 54.8 cm³/mol. The Balaban J connectivity index is 1.88. The molecule has 0 aromatic carbocycles. The van der Waals surface area contributed by atoms with Gasteiger partial charge in [-0.05, 0) is 19.4 Å². The smallest absolute Gasteiger partial charge is 0.0593 e. The zero-order valence-corrected chi connectivity index (χ0v) is 8.67. The summed E-state index contributed by atoms with van der Waals surface area (Å²) in [5.74, 6) is 0. The molecule has 1 fully saturated rings. The van der Waals surface area contributed by atoms with Crippen LogP contribution in [0, 0.1) is 0 Å². The molecule has 1 atom stereocenters. The van der Waals surface area contributed by atoms with Gasteiger partial charge in [0.2, 0.25) is 0 Å². The van der Waals surface area contributed by atoms with Crippen LogP contribution in [-0.4, -0.2) is 43.8 Å². The van der Waals surface area contributed by atoms with Gasteiger partial charge in [0.25, 0.3) is 0 Å². The predicted octanol–water partition coefficient (Wildman–Crippen LogP) is 0.836. The molecule has 1 aliphatic rings. The lowest BCUT2D eigenvalue weighted by Crippen LogP contribution is -2.29. The summed E-state index contributed by atoms with van der Waals surface area (Å²) in [5, 5.41) is 0. The first kappa shape index (κ1) is 11.0. The van der Waals surface area contributed by atoms with Crippen LogP contribution in [0.1, 0.15) is 26.2 Å². The van der Waals surface area contributed by atoms with Crippen LogP contribution >= 0.6 is 0 Å². The van der Waals surface area contributed by atoms with E-state index >= 15 is 0 Å². The normalized spacial score (nSPS) is 24.0. The lowest BCUT2D eigenvalue weighted by atomic mass is 10.3. The van der Waals surface area contributed by atoms with Crippen LogP contribution in [-0.2, 0) is 4.74 Å².